The number of hydrogen-bond acceptors (Lipinski definition) is 3. The maximum absolute atomic E-state index is 14.1. The van der Waals surface area contributed by atoms with Gasteiger partial charge >= 0.3 is 0 Å². The van der Waals surface area contributed by atoms with Crippen molar-refractivity contribution in [3.63, 3.8) is 0 Å². The Morgan fingerprint density at radius 2 is 1.93 bits per heavy atom. The molecule has 2 N–H and O–H groups in total. The van der Waals surface area contributed by atoms with E-state index in [4.69, 9.17) is 5.26 Å². The Balaban J connectivity index is 0.00000320. The molecule has 1 saturated heterocycles. The lowest BCUT2D eigenvalue weighted by atomic mass is 10.0. The predicted octanol–water partition coefficient (Wildman–Crippen LogP) is 4.04. The minimum absolute atomic E-state index is 0. The molecule has 0 spiro atoms. The van der Waals surface area contributed by atoms with Crippen molar-refractivity contribution in [2.24, 2.45) is 4.99 Å². The molecule has 7 heteroatoms. The van der Waals surface area contributed by atoms with Crippen LogP contribution in [0.15, 0.2) is 53.5 Å². The van der Waals surface area contributed by atoms with Crippen LogP contribution in [0.2, 0.25) is 0 Å². The fourth-order valence-electron chi connectivity index (χ4n) is 3.50. The van der Waals surface area contributed by atoms with Crippen molar-refractivity contribution < 1.29 is 4.39 Å². The molecule has 0 radical (unpaired) electrons. The Morgan fingerprint density at radius 3 is 2.57 bits per heavy atom. The summed E-state index contributed by atoms with van der Waals surface area (Å²) in [5, 5.41) is 15.6. The third-order valence-corrected chi connectivity index (χ3v) is 5.11. The van der Waals surface area contributed by atoms with Gasteiger partial charge in [0.2, 0.25) is 0 Å². The molecule has 2 aromatic rings. The molecule has 160 valence electrons. The lowest BCUT2D eigenvalue weighted by Crippen LogP contribution is -2.48. The van der Waals surface area contributed by atoms with Gasteiger partial charge in [-0.05, 0) is 37.5 Å². The van der Waals surface area contributed by atoms with Crippen LogP contribution in [0.25, 0.3) is 0 Å². The lowest BCUT2D eigenvalue weighted by Gasteiger charge is -2.33. The van der Waals surface area contributed by atoms with Crippen molar-refractivity contribution in [3.8, 4) is 6.07 Å². The molecule has 5 nitrogen and oxygen atoms in total. The van der Waals surface area contributed by atoms with Crippen molar-refractivity contribution in [1.82, 2.24) is 15.5 Å². The first-order valence-corrected chi connectivity index (χ1v) is 10.2. The van der Waals surface area contributed by atoms with Gasteiger partial charge in [0.05, 0.1) is 18.2 Å². The van der Waals surface area contributed by atoms with Crippen LogP contribution in [-0.2, 0) is 13.1 Å². The molecular weight excluding hydrogens is 492 g/mol. The van der Waals surface area contributed by atoms with Gasteiger partial charge < -0.3 is 10.6 Å². The SMILES string of the molecule is CCNC(=NCc1ccc(C#N)cc1F)NC1CCN(Cc2ccccc2)CC1.I. The number of guanidine groups is 1. The van der Waals surface area contributed by atoms with E-state index in [1.807, 2.05) is 19.1 Å². The molecule has 2 aromatic carbocycles. The first-order valence-electron chi connectivity index (χ1n) is 10.2. The molecule has 0 atom stereocenters. The first-order chi connectivity index (χ1) is 14.2. The molecular formula is C23H29FIN5. The third-order valence-electron chi connectivity index (χ3n) is 5.11. The summed E-state index contributed by atoms with van der Waals surface area (Å²) in [6.07, 6.45) is 2.09. The Hall–Kier alpha value is -2.18. The minimum Gasteiger partial charge on any atom is -0.357 e. The third kappa shape index (κ3) is 7.26. The molecule has 0 saturated carbocycles. The number of hydrogen-bond donors (Lipinski definition) is 2. The van der Waals surface area contributed by atoms with E-state index in [9.17, 15) is 4.39 Å². The molecule has 0 amide bonds. The Labute approximate surface area is 195 Å². The average Bonchev–Trinajstić information content (AvgIpc) is 2.75. The number of nitrogens with zero attached hydrogens (tertiary/aromatic N) is 3. The van der Waals surface area contributed by atoms with E-state index < -0.39 is 5.82 Å². The monoisotopic (exact) mass is 521 g/mol. The Kier molecular flexibility index (Phi) is 10.0. The number of benzene rings is 2. The largest absolute Gasteiger partial charge is 0.357 e. The lowest BCUT2D eigenvalue weighted by molar-refractivity contribution is 0.198. The molecule has 0 unspecified atom stereocenters. The number of likely N-dealkylation sites (tertiary alicyclic amines) is 1. The van der Waals surface area contributed by atoms with E-state index in [-0.39, 0.29) is 30.5 Å². The van der Waals surface area contributed by atoms with E-state index in [0.717, 1.165) is 39.0 Å². The Morgan fingerprint density at radius 1 is 1.20 bits per heavy atom. The van der Waals surface area contributed by atoms with Gasteiger partial charge in [-0.1, -0.05) is 36.4 Å². The number of aliphatic imine (C=N–C) groups is 1. The highest BCUT2D eigenvalue weighted by molar-refractivity contribution is 14.0. The van der Waals surface area contributed by atoms with Crippen LogP contribution in [0, 0.1) is 17.1 Å². The molecule has 0 bridgehead atoms. The van der Waals surface area contributed by atoms with Crippen LogP contribution in [0.4, 0.5) is 4.39 Å². The van der Waals surface area contributed by atoms with Gasteiger partial charge in [-0.15, -0.1) is 24.0 Å². The maximum atomic E-state index is 14.1. The van der Waals surface area contributed by atoms with Gasteiger partial charge in [0.15, 0.2) is 5.96 Å². The summed E-state index contributed by atoms with van der Waals surface area (Å²) in [4.78, 5) is 7.01. The highest BCUT2D eigenvalue weighted by Crippen LogP contribution is 2.14. The van der Waals surface area contributed by atoms with Gasteiger partial charge in [0, 0.05) is 37.8 Å². The number of rotatable bonds is 6. The van der Waals surface area contributed by atoms with Crippen LogP contribution >= 0.6 is 24.0 Å². The van der Waals surface area contributed by atoms with E-state index >= 15 is 0 Å². The summed E-state index contributed by atoms with van der Waals surface area (Å²) in [5.74, 6) is 0.315. The van der Waals surface area contributed by atoms with Crippen LogP contribution < -0.4 is 10.6 Å². The number of halogens is 2. The molecule has 30 heavy (non-hydrogen) atoms. The zero-order valence-electron chi connectivity index (χ0n) is 17.3. The fourth-order valence-corrected chi connectivity index (χ4v) is 3.50. The van der Waals surface area contributed by atoms with E-state index in [0.29, 0.717) is 23.1 Å². The molecule has 0 aliphatic carbocycles. The van der Waals surface area contributed by atoms with Crippen LogP contribution in [0.5, 0.6) is 0 Å². The van der Waals surface area contributed by atoms with Gasteiger partial charge in [-0.25, -0.2) is 9.38 Å². The highest BCUT2D eigenvalue weighted by Gasteiger charge is 2.20. The minimum atomic E-state index is -0.391. The van der Waals surface area contributed by atoms with Crippen molar-refractivity contribution in [2.45, 2.75) is 38.9 Å². The van der Waals surface area contributed by atoms with Crippen molar-refractivity contribution in [1.29, 1.82) is 5.26 Å². The fraction of sp³-hybridized carbons (Fsp3) is 0.391. The van der Waals surface area contributed by atoms with Crippen LogP contribution in [-0.4, -0.2) is 36.5 Å². The summed E-state index contributed by atoms with van der Waals surface area (Å²) in [6.45, 7) is 6.06. The Bertz CT molecular complexity index is 858. The zero-order chi connectivity index (χ0) is 20.5. The number of nitriles is 1. The summed E-state index contributed by atoms with van der Waals surface area (Å²) in [7, 11) is 0. The summed E-state index contributed by atoms with van der Waals surface area (Å²) >= 11 is 0. The molecule has 1 aliphatic rings. The average molecular weight is 521 g/mol. The summed E-state index contributed by atoms with van der Waals surface area (Å²) < 4.78 is 14.1. The van der Waals surface area contributed by atoms with Crippen molar-refractivity contribution >= 4 is 29.9 Å². The second-order valence-electron chi connectivity index (χ2n) is 7.29. The van der Waals surface area contributed by atoms with E-state index in [2.05, 4.69) is 44.8 Å². The second kappa shape index (κ2) is 12.5. The number of piperidine rings is 1. The van der Waals surface area contributed by atoms with Gasteiger partial charge in [0.1, 0.15) is 5.82 Å². The van der Waals surface area contributed by atoms with Crippen LogP contribution in [0.3, 0.4) is 0 Å². The van der Waals surface area contributed by atoms with Crippen LogP contribution in [0.1, 0.15) is 36.5 Å². The van der Waals surface area contributed by atoms with Gasteiger partial charge in [-0.2, -0.15) is 5.26 Å². The predicted molar refractivity (Wildman–Crippen MR) is 129 cm³/mol. The standard InChI is InChI=1S/C23H28FN5.HI/c1-2-26-23(27-16-20-9-8-19(15-25)14-22(20)24)28-21-10-12-29(13-11-21)17-18-6-4-3-5-7-18;/h3-9,14,21H,2,10-13,16-17H2,1H3,(H2,26,27,28);1H. The van der Waals surface area contributed by atoms with Gasteiger partial charge in [-0.3, -0.25) is 4.90 Å². The topological polar surface area (TPSA) is 63.5 Å². The zero-order valence-corrected chi connectivity index (χ0v) is 19.6. The van der Waals surface area contributed by atoms with E-state index in [1.54, 1.807) is 12.1 Å². The normalized spacial score (nSPS) is 15.2. The maximum Gasteiger partial charge on any atom is 0.191 e. The molecule has 1 fully saturated rings. The highest BCUT2D eigenvalue weighted by atomic mass is 127. The van der Waals surface area contributed by atoms with E-state index in [1.165, 1.54) is 11.6 Å². The summed E-state index contributed by atoms with van der Waals surface area (Å²) in [5.41, 5.74) is 2.15. The van der Waals surface area contributed by atoms with Crippen molar-refractivity contribution in [3.05, 3.63) is 71.0 Å². The first kappa shape index (κ1) is 24.1. The van der Waals surface area contributed by atoms with Crippen molar-refractivity contribution in [2.75, 3.05) is 19.6 Å². The smallest absolute Gasteiger partial charge is 0.191 e. The molecule has 3 rings (SSSR count). The van der Waals surface area contributed by atoms with Gasteiger partial charge in [0.25, 0.3) is 0 Å². The number of nitrogens with one attached hydrogen (secondary N) is 2. The molecule has 0 aromatic heterocycles. The quantitative estimate of drug-likeness (QED) is 0.343. The summed E-state index contributed by atoms with van der Waals surface area (Å²) in [6, 6.07) is 17.4. The molecule has 1 heterocycles. The second-order valence-corrected chi connectivity index (χ2v) is 7.29. The molecule has 1 aliphatic heterocycles.